The van der Waals surface area contributed by atoms with Crippen LogP contribution in [0.15, 0.2) is 23.0 Å². The summed E-state index contributed by atoms with van der Waals surface area (Å²) in [6.07, 6.45) is 4.29. The Balaban J connectivity index is 1.88. The number of aliphatic hydroxyl groups excluding tert-OH is 1. The largest absolute Gasteiger partial charge is 0.389 e. The Kier molecular flexibility index (Phi) is 3.40. The second kappa shape index (κ2) is 5.35. The first-order chi connectivity index (χ1) is 11.5. The van der Waals surface area contributed by atoms with E-state index in [1.54, 1.807) is 6.92 Å². The minimum Gasteiger partial charge on any atom is -0.389 e. The van der Waals surface area contributed by atoms with Crippen molar-refractivity contribution in [1.29, 1.82) is 5.26 Å². The fourth-order valence-corrected chi connectivity index (χ4v) is 3.87. The van der Waals surface area contributed by atoms with E-state index in [4.69, 9.17) is 0 Å². The first-order valence-corrected chi connectivity index (χ1v) is 8.56. The quantitative estimate of drug-likeness (QED) is 0.890. The van der Waals surface area contributed by atoms with Gasteiger partial charge in [-0.25, -0.2) is 0 Å². The van der Waals surface area contributed by atoms with Gasteiger partial charge in [0.1, 0.15) is 11.6 Å². The summed E-state index contributed by atoms with van der Waals surface area (Å²) in [4.78, 5) is 17.3. The van der Waals surface area contributed by atoms with Crippen molar-refractivity contribution >= 4 is 16.6 Å². The van der Waals surface area contributed by atoms with E-state index in [2.05, 4.69) is 16.0 Å². The maximum absolute atomic E-state index is 12.3. The molecular formula is C19H21N3O2. The summed E-state index contributed by atoms with van der Waals surface area (Å²) < 4.78 is 0. The van der Waals surface area contributed by atoms with Gasteiger partial charge in [0.05, 0.1) is 17.3 Å². The Morgan fingerprint density at radius 1 is 1.29 bits per heavy atom. The van der Waals surface area contributed by atoms with Crippen LogP contribution in [0.4, 0.5) is 5.69 Å². The number of rotatable bonds is 2. The number of aromatic nitrogens is 1. The summed E-state index contributed by atoms with van der Waals surface area (Å²) in [7, 11) is 0. The van der Waals surface area contributed by atoms with E-state index in [0.29, 0.717) is 10.9 Å². The van der Waals surface area contributed by atoms with E-state index in [9.17, 15) is 15.2 Å². The van der Waals surface area contributed by atoms with Crippen LogP contribution < -0.4 is 10.5 Å². The Morgan fingerprint density at radius 3 is 2.58 bits per heavy atom. The number of hydrogen-bond acceptors (Lipinski definition) is 4. The second-order valence-corrected chi connectivity index (χ2v) is 7.26. The molecule has 1 atom stereocenters. The molecule has 0 radical (unpaired) electrons. The summed E-state index contributed by atoms with van der Waals surface area (Å²) in [5.74, 6) is 0. The number of nitrogens with zero attached hydrogens (tertiary/aromatic N) is 2. The van der Waals surface area contributed by atoms with Gasteiger partial charge in [-0.2, -0.15) is 5.26 Å². The predicted octanol–water partition coefficient (Wildman–Crippen LogP) is 2.83. The van der Waals surface area contributed by atoms with Crippen molar-refractivity contribution < 1.29 is 5.11 Å². The van der Waals surface area contributed by atoms with Crippen molar-refractivity contribution in [2.45, 2.75) is 38.7 Å². The summed E-state index contributed by atoms with van der Waals surface area (Å²) in [6.45, 7) is 3.48. The van der Waals surface area contributed by atoms with Crippen molar-refractivity contribution in [3.8, 4) is 6.07 Å². The topological polar surface area (TPSA) is 80.1 Å². The minimum atomic E-state index is -0.587. The molecule has 1 aromatic heterocycles. The van der Waals surface area contributed by atoms with E-state index in [0.717, 1.165) is 42.6 Å². The van der Waals surface area contributed by atoms with Gasteiger partial charge in [0.2, 0.25) is 0 Å². The molecule has 2 aliphatic rings. The summed E-state index contributed by atoms with van der Waals surface area (Å²) in [6, 6.07) is 7.62. The molecule has 1 aliphatic carbocycles. The van der Waals surface area contributed by atoms with Crippen LogP contribution in [0.1, 0.15) is 49.8 Å². The van der Waals surface area contributed by atoms with Crippen LogP contribution in [0, 0.1) is 16.7 Å². The van der Waals surface area contributed by atoms with E-state index in [1.807, 2.05) is 18.2 Å². The number of H-pyrrole nitrogens is 1. The number of nitriles is 1. The molecule has 5 heteroatoms. The number of fused-ring (bicyclic) bond motifs is 1. The average molecular weight is 323 g/mol. The zero-order valence-electron chi connectivity index (χ0n) is 13.8. The SMILES string of the molecule is CC(O)c1ccc2[nH]c(=O)c(C#N)c(N3CCC4(CC3)CC4)c2c1. The van der Waals surface area contributed by atoms with Crippen LogP contribution >= 0.6 is 0 Å². The predicted molar refractivity (Wildman–Crippen MR) is 93.0 cm³/mol. The summed E-state index contributed by atoms with van der Waals surface area (Å²) >= 11 is 0. The van der Waals surface area contributed by atoms with Gasteiger partial charge in [-0.3, -0.25) is 4.79 Å². The molecule has 2 N–H and O–H groups in total. The lowest BCUT2D eigenvalue weighted by Gasteiger charge is -2.34. The smallest absolute Gasteiger partial charge is 0.268 e. The number of benzene rings is 1. The number of aliphatic hydroxyl groups is 1. The first kappa shape index (κ1) is 15.2. The average Bonchev–Trinajstić information content (AvgIpc) is 3.33. The van der Waals surface area contributed by atoms with Gasteiger partial charge < -0.3 is 15.0 Å². The fourth-order valence-electron chi connectivity index (χ4n) is 3.87. The molecule has 2 fully saturated rings. The van der Waals surface area contributed by atoms with Crippen molar-refractivity contribution in [2.24, 2.45) is 5.41 Å². The maximum atomic E-state index is 12.3. The lowest BCUT2D eigenvalue weighted by atomic mass is 9.92. The van der Waals surface area contributed by atoms with Crippen molar-refractivity contribution in [3.63, 3.8) is 0 Å². The number of piperidine rings is 1. The normalized spacial score (nSPS) is 20.1. The van der Waals surface area contributed by atoms with Gasteiger partial charge in [-0.05, 0) is 55.7 Å². The third-order valence-corrected chi connectivity index (χ3v) is 5.70. The maximum Gasteiger partial charge on any atom is 0.268 e. The van der Waals surface area contributed by atoms with E-state index in [-0.39, 0.29) is 11.1 Å². The van der Waals surface area contributed by atoms with Gasteiger partial charge in [0.15, 0.2) is 0 Å². The van der Waals surface area contributed by atoms with Crippen LogP contribution in [0.25, 0.3) is 10.9 Å². The molecule has 0 bridgehead atoms. The van der Waals surface area contributed by atoms with Crippen molar-refractivity contribution in [3.05, 3.63) is 39.7 Å². The molecule has 1 spiro atoms. The molecule has 1 aromatic carbocycles. The van der Waals surface area contributed by atoms with Crippen LogP contribution in [0.2, 0.25) is 0 Å². The second-order valence-electron chi connectivity index (χ2n) is 7.26. The minimum absolute atomic E-state index is 0.178. The van der Waals surface area contributed by atoms with Crippen LogP contribution in [0.5, 0.6) is 0 Å². The number of nitrogens with one attached hydrogen (secondary N) is 1. The van der Waals surface area contributed by atoms with Gasteiger partial charge >= 0.3 is 0 Å². The summed E-state index contributed by atoms with van der Waals surface area (Å²) in [5, 5.41) is 20.3. The third-order valence-electron chi connectivity index (χ3n) is 5.70. The van der Waals surface area contributed by atoms with Crippen molar-refractivity contribution in [1.82, 2.24) is 4.98 Å². The zero-order chi connectivity index (χ0) is 16.9. The molecule has 1 aliphatic heterocycles. The molecule has 1 unspecified atom stereocenters. The standard InChI is InChI=1S/C19H21N3O2/c1-12(23)13-2-3-16-14(10-13)17(15(11-20)18(24)21-16)22-8-6-19(4-5-19)7-9-22/h2-3,10,12,23H,4-9H2,1H3,(H,21,24). The molecule has 0 amide bonds. The Labute approximate surface area is 140 Å². The monoisotopic (exact) mass is 323 g/mol. The molecular weight excluding hydrogens is 302 g/mol. The number of pyridine rings is 1. The highest BCUT2D eigenvalue weighted by atomic mass is 16.3. The molecule has 2 heterocycles. The summed E-state index contributed by atoms with van der Waals surface area (Å²) in [5.41, 5.74) is 2.61. The van der Waals surface area contributed by atoms with Gasteiger partial charge in [0, 0.05) is 18.5 Å². The Bertz CT molecular complexity index is 893. The molecule has 2 aromatic rings. The van der Waals surface area contributed by atoms with Gasteiger partial charge in [-0.15, -0.1) is 0 Å². The molecule has 4 rings (SSSR count). The van der Waals surface area contributed by atoms with E-state index in [1.165, 1.54) is 12.8 Å². The molecule has 1 saturated carbocycles. The highest BCUT2D eigenvalue weighted by Gasteiger charge is 2.44. The first-order valence-electron chi connectivity index (χ1n) is 8.56. The van der Waals surface area contributed by atoms with E-state index < -0.39 is 6.10 Å². The van der Waals surface area contributed by atoms with E-state index >= 15 is 0 Å². The van der Waals surface area contributed by atoms with Crippen molar-refractivity contribution in [2.75, 3.05) is 18.0 Å². The fraction of sp³-hybridized carbons (Fsp3) is 0.474. The Morgan fingerprint density at radius 2 is 2.00 bits per heavy atom. The Hall–Kier alpha value is -2.32. The van der Waals surface area contributed by atoms with Gasteiger partial charge in [0.25, 0.3) is 5.56 Å². The zero-order valence-corrected chi connectivity index (χ0v) is 13.8. The number of anilines is 1. The van der Waals surface area contributed by atoms with Gasteiger partial charge in [-0.1, -0.05) is 6.07 Å². The lowest BCUT2D eigenvalue weighted by molar-refractivity contribution is 0.199. The van der Waals surface area contributed by atoms with Crippen LogP contribution in [0.3, 0.4) is 0 Å². The number of aromatic amines is 1. The van der Waals surface area contributed by atoms with Crippen LogP contribution in [-0.4, -0.2) is 23.2 Å². The lowest BCUT2D eigenvalue weighted by Crippen LogP contribution is -2.36. The highest BCUT2D eigenvalue weighted by molar-refractivity contribution is 5.95. The highest BCUT2D eigenvalue weighted by Crippen LogP contribution is 2.54. The third kappa shape index (κ3) is 2.38. The molecule has 24 heavy (non-hydrogen) atoms. The number of hydrogen-bond donors (Lipinski definition) is 2. The molecule has 124 valence electrons. The van der Waals surface area contributed by atoms with Crippen LogP contribution in [-0.2, 0) is 0 Å². The molecule has 5 nitrogen and oxygen atoms in total. The molecule has 1 saturated heterocycles.